The Hall–Kier alpha value is -3.10. The molecule has 35 heavy (non-hydrogen) atoms. The highest BCUT2D eigenvalue weighted by Crippen LogP contribution is 2.33. The van der Waals surface area contributed by atoms with Crippen LogP contribution in [-0.4, -0.2) is 50.3 Å². The molecule has 2 aromatic carbocycles. The monoisotopic (exact) mass is 507 g/mol. The van der Waals surface area contributed by atoms with E-state index in [0.29, 0.717) is 16.9 Å². The molecule has 9 heteroatoms. The van der Waals surface area contributed by atoms with E-state index in [4.69, 9.17) is 25.8 Å². The van der Waals surface area contributed by atoms with Gasteiger partial charge >= 0.3 is 5.97 Å². The van der Waals surface area contributed by atoms with Crippen molar-refractivity contribution in [3.05, 3.63) is 69.6 Å². The number of hydrogen-bond acceptors (Lipinski definition) is 7. The summed E-state index contributed by atoms with van der Waals surface area (Å²) in [4.78, 5) is 26.2. The Bertz CT molecular complexity index is 1090. The minimum atomic E-state index is -0.828. The number of esters is 1. The van der Waals surface area contributed by atoms with Gasteiger partial charge in [-0.15, -0.1) is 0 Å². The molecule has 0 unspecified atom stereocenters. The summed E-state index contributed by atoms with van der Waals surface area (Å²) < 4.78 is 30.5. The van der Waals surface area contributed by atoms with Gasteiger partial charge in [0.25, 0.3) is 0 Å². The Labute approximate surface area is 209 Å². The van der Waals surface area contributed by atoms with Crippen LogP contribution in [0.25, 0.3) is 0 Å². The van der Waals surface area contributed by atoms with Crippen LogP contribution in [0.2, 0.25) is 5.02 Å². The highest BCUT2D eigenvalue weighted by molar-refractivity contribution is 6.30. The lowest BCUT2D eigenvalue weighted by atomic mass is 9.96. The number of ketones is 1. The number of aliphatic hydroxyl groups excluding tert-OH is 1. The van der Waals surface area contributed by atoms with Crippen LogP contribution < -0.4 is 14.8 Å². The van der Waals surface area contributed by atoms with E-state index >= 15 is 0 Å². The van der Waals surface area contributed by atoms with Crippen LogP contribution in [0.15, 0.2) is 42.1 Å². The number of nitrogens with one attached hydrogen (secondary N) is 1. The maximum Gasteiger partial charge on any atom is 0.343 e. The molecule has 7 nitrogen and oxygen atoms in total. The van der Waals surface area contributed by atoms with Crippen LogP contribution in [-0.2, 0) is 16.0 Å². The van der Waals surface area contributed by atoms with Crippen LogP contribution in [0.1, 0.15) is 42.3 Å². The third-order valence-corrected chi connectivity index (χ3v) is 5.73. The average molecular weight is 508 g/mol. The number of carbonyl (C=O) groups excluding carboxylic acids is 2. The van der Waals surface area contributed by atoms with Gasteiger partial charge in [-0.1, -0.05) is 37.6 Å². The number of benzene rings is 2. The van der Waals surface area contributed by atoms with E-state index in [9.17, 15) is 19.1 Å². The zero-order chi connectivity index (χ0) is 26.1. The average Bonchev–Trinajstić information content (AvgIpc) is 2.83. The predicted molar refractivity (Wildman–Crippen MR) is 132 cm³/mol. The van der Waals surface area contributed by atoms with Crippen molar-refractivity contribution < 1.29 is 33.3 Å². The summed E-state index contributed by atoms with van der Waals surface area (Å²) in [5, 5.41) is 12.5. The third-order valence-electron chi connectivity index (χ3n) is 5.44. The van der Waals surface area contributed by atoms with Crippen molar-refractivity contribution in [2.45, 2.75) is 33.2 Å². The van der Waals surface area contributed by atoms with Crippen molar-refractivity contribution in [1.82, 2.24) is 5.32 Å². The molecule has 2 N–H and O–H groups in total. The van der Waals surface area contributed by atoms with Crippen LogP contribution in [0, 0.1) is 11.7 Å². The first-order chi connectivity index (χ1) is 16.7. The molecule has 0 saturated carbocycles. The van der Waals surface area contributed by atoms with E-state index in [1.54, 1.807) is 19.1 Å². The quantitative estimate of drug-likeness (QED) is 0.145. The van der Waals surface area contributed by atoms with Crippen molar-refractivity contribution in [3.8, 4) is 11.5 Å². The fourth-order valence-electron chi connectivity index (χ4n) is 3.39. The van der Waals surface area contributed by atoms with E-state index in [2.05, 4.69) is 5.32 Å². The largest absolute Gasteiger partial charge is 0.496 e. The molecule has 2 aromatic rings. The second-order valence-electron chi connectivity index (χ2n) is 8.06. The lowest BCUT2D eigenvalue weighted by Crippen LogP contribution is -2.34. The second-order valence-corrected chi connectivity index (χ2v) is 8.47. The van der Waals surface area contributed by atoms with E-state index < -0.39 is 17.6 Å². The summed E-state index contributed by atoms with van der Waals surface area (Å²) >= 11 is 5.92. The van der Waals surface area contributed by atoms with Gasteiger partial charge in [-0.2, -0.15) is 0 Å². The number of rotatable bonds is 12. The predicted octanol–water partition coefficient (Wildman–Crippen LogP) is 4.32. The number of hydrogen-bond donors (Lipinski definition) is 2. The first-order valence-corrected chi connectivity index (χ1v) is 11.5. The molecule has 0 fully saturated rings. The summed E-state index contributed by atoms with van der Waals surface area (Å²) in [7, 11) is 2.83. The number of ether oxygens (including phenoxy) is 3. The van der Waals surface area contributed by atoms with Crippen molar-refractivity contribution in [3.63, 3.8) is 0 Å². The SMILES string of the molecule is CCOC(=O)/C(=C/N[C@H](CO)C(C)C)C(=O)c1cc(Cc2cccc(Cl)c2F)c(OC)cc1OC. The Morgan fingerprint density at radius 1 is 1.14 bits per heavy atom. The van der Waals surface area contributed by atoms with Crippen LogP contribution in [0.4, 0.5) is 4.39 Å². The van der Waals surface area contributed by atoms with E-state index in [0.717, 1.165) is 0 Å². The van der Waals surface area contributed by atoms with Gasteiger partial charge in [0.05, 0.1) is 44.1 Å². The van der Waals surface area contributed by atoms with Gasteiger partial charge in [-0.25, -0.2) is 9.18 Å². The van der Waals surface area contributed by atoms with Gasteiger partial charge < -0.3 is 24.6 Å². The van der Waals surface area contributed by atoms with Crippen LogP contribution in [0.5, 0.6) is 11.5 Å². The molecular weight excluding hydrogens is 477 g/mol. The van der Waals surface area contributed by atoms with Crippen LogP contribution in [0.3, 0.4) is 0 Å². The molecule has 0 heterocycles. The maximum atomic E-state index is 14.6. The lowest BCUT2D eigenvalue weighted by Gasteiger charge is -2.20. The molecule has 0 aromatic heterocycles. The topological polar surface area (TPSA) is 94.1 Å². The standard InChI is InChI=1S/C26H31ClFNO6/c1-6-35-26(32)19(13-29-21(14-30)15(2)3)25(31)18-11-17(22(33-4)12-23(18)34-5)10-16-8-7-9-20(27)24(16)28/h7-9,11-13,15,21,29-30H,6,10,14H2,1-5H3/b19-13+/t21-/m1/s1. The Kier molecular flexibility index (Phi) is 10.5. The second kappa shape index (κ2) is 13.1. The highest BCUT2D eigenvalue weighted by Gasteiger charge is 2.27. The number of aliphatic hydroxyl groups is 1. The highest BCUT2D eigenvalue weighted by atomic mass is 35.5. The minimum absolute atomic E-state index is 0.0199. The van der Waals surface area contributed by atoms with E-state index in [1.807, 2.05) is 13.8 Å². The van der Waals surface area contributed by atoms with Crippen molar-refractivity contribution in [1.29, 1.82) is 0 Å². The summed E-state index contributed by atoms with van der Waals surface area (Å²) in [6.45, 7) is 5.28. The summed E-state index contributed by atoms with van der Waals surface area (Å²) in [5.74, 6) is -1.49. The third kappa shape index (κ3) is 6.96. The Morgan fingerprint density at radius 2 is 1.83 bits per heavy atom. The normalized spacial score (nSPS) is 12.3. The lowest BCUT2D eigenvalue weighted by molar-refractivity contribution is -0.138. The number of carbonyl (C=O) groups is 2. The van der Waals surface area contributed by atoms with Gasteiger partial charge in [-0.3, -0.25) is 4.79 Å². The molecule has 0 amide bonds. The van der Waals surface area contributed by atoms with E-state index in [1.165, 1.54) is 38.6 Å². The number of Topliss-reactive ketones (excluding diaryl/α,β-unsaturated/α-hetero) is 1. The van der Waals surface area contributed by atoms with Crippen LogP contribution >= 0.6 is 11.6 Å². The molecule has 0 radical (unpaired) electrons. The molecule has 0 saturated heterocycles. The smallest absolute Gasteiger partial charge is 0.343 e. The number of methoxy groups -OCH3 is 2. The summed E-state index contributed by atoms with van der Waals surface area (Å²) in [5.41, 5.74) is 0.598. The fourth-order valence-corrected chi connectivity index (χ4v) is 3.58. The first kappa shape index (κ1) is 28.1. The molecule has 1 atom stereocenters. The van der Waals surface area contributed by atoms with Gasteiger partial charge in [0.1, 0.15) is 22.9 Å². The molecule has 0 aliphatic rings. The summed E-state index contributed by atoms with van der Waals surface area (Å²) in [6, 6.07) is 7.28. The molecular formula is C26H31ClFNO6. The first-order valence-electron chi connectivity index (χ1n) is 11.1. The molecule has 190 valence electrons. The van der Waals surface area contributed by atoms with Gasteiger partial charge in [0.15, 0.2) is 0 Å². The van der Waals surface area contributed by atoms with Crippen molar-refractivity contribution >= 4 is 23.4 Å². The Balaban J connectivity index is 2.58. The Morgan fingerprint density at radius 3 is 2.40 bits per heavy atom. The molecule has 0 aliphatic heterocycles. The molecule has 0 aliphatic carbocycles. The zero-order valence-electron chi connectivity index (χ0n) is 20.5. The molecule has 0 spiro atoms. The molecule has 2 rings (SSSR count). The molecule has 0 bridgehead atoms. The van der Waals surface area contributed by atoms with Gasteiger partial charge in [0, 0.05) is 18.7 Å². The van der Waals surface area contributed by atoms with Gasteiger partial charge in [-0.05, 0) is 36.1 Å². The summed E-state index contributed by atoms with van der Waals surface area (Å²) in [6.07, 6.45) is 1.33. The zero-order valence-corrected chi connectivity index (χ0v) is 21.2. The fraction of sp³-hybridized carbons (Fsp3) is 0.385. The van der Waals surface area contributed by atoms with E-state index in [-0.39, 0.29) is 53.5 Å². The number of halogens is 2. The van der Waals surface area contributed by atoms with Gasteiger partial charge in [0.2, 0.25) is 5.78 Å². The van der Waals surface area contributed by atoms with Crippen molar-refractivity contribution in [2.24, 2.45) is 5.92 Å². The van der Waals surface area contributed by atoms with Crippen molar-refractivity contribution in [2.75, 3.05) is 27.4 Å². The maximum absolute atomic E-state index is 14.6. The minimum Gasteiger partial charge on any atom is -0.496 e.